The molecule has 2 aliphatic heterocycles. The summed E-state index contributed by atoms with van der Waals surface area (Å²) in [5, 5.41) is 3.48. The normalized spacial score (nSPS) is 21.7. The highest BCUT2D eigenvalue weighted by Gasteiger charge is 2.13. The van der Waals surface area contributed by atoms with Crippen LogP contribution in [0.3, 0.4) is 0 Å². The van der Waals surface area contributed by atoms with E-state index in [2.05, 4.69) is 17.4 Å². The van der Waals surface area contributed by atoms with E-state index in [1.807, 2.05) is 6.07 Å². The molecule has 0 spiro atoms. The lowest BCUT2D eigenvalue weighted by Gasteiger charge is -2.22. The van der Waals surface area contributed by atoms with Crippen molar-refractivity contribution in [1.82, 2.24) is 5.32 Å². The number of rotatable bonds is 5. The first-order valence-electron chi connectivity index (χ1n) is 7.63. The van der Waals surface area contributed by atoms with Gasteiger partial charge in [-0.3, -0.25) is 0 Å². The molecule has 1 N–H and O–H groups in total. The molecular weight excluding hydrogens is 254 g/mol. The second-order valence-corrected chi connectivity index (χ2v) is 5.43. The summed E-state index contributed by atoms with van der Waals surface area (Å²) >= 11 is 0. The molecule has 0 amide bonds. The summed E-state index contributed by atoms with van der Waals surface area (Å²) in [4.78, 5) is 0. The highest BCUT2D eigenvalue weighted by atomic mass is 16.6. The van der Waals surface area contributed by atoms with Gasteiger partial charge in [-0.2, -0.15) is 0 Å². The van der Waals surface area contributed by atoms with Crippen LogP contribution in [-0.2, 0) is 11.3 Å². The minimum atomic E-state index is 0.455. The molecule has 2 aliphatic rings. The van der Waals surface area contributed by atoms with Gasteiger partial charge in [0, 0.05) is 13.2 Å². The Labute approximate surface area is 120 Å². The molecule has 20 heavy (non-hydrogen) atoms. The first kappa shape index (κ1) is 13.7. The van der Waals surface area contributed by atoms with Crippen LogP contribution in [-0.4, -0.2) is 32.5 Å². The van der Waals surface area contributed by atoms with Gasteiger partial charge in [-0.25, -0.2) is 0 Å². The second-order valence-electron chi connectivity index (χ2n) is 5.43. The summed E-state index contributed by atoms with van der Waals surface area (Å²) in [7, 11) is 0. The van der Waals surface area contributed by atoms with E-state index in [0.29, 0.717) is 19.3 Å². The van der Waals surface area contributed by atoms with Gasteiger partial charge in [0.15, 0.2) is 11.5 Å². The third-order valence-corrected chi connectivity index (χ3v) is 3.85. The highest BCUT2D eigenvalue weighted by molar-refractivity contribution is 5.43. The Balaban J connectivity index is 1.41. The van der Waals surface area contributed by atoms with Crippen LogP contribution in [0.4, 0.5) is 0 Å². The van der Waals surface area contributed by atoms with Gasteiger partial charge < -0.3 is 19.5 Å². The molecule has 0 aromatic heterocycles. The van der Waals surface area contributed by atoms with Crippen LogP contribution in [0.25, 0.3) is 0 Å². The van der Waals surface area contributed by atoms with E-state index in [0.717, 1.165) is 37.6 Å². The van der Waals surface area contributed by atoms with Crippen molar-refractivity contribution in [2.75, 3.05) is 26.4 Å². The minimum Gasteiger partial charge on any atom is -0.486 e. The molecule has 0 aliphatic carbocycles. The van der Waals surface area contributed by atoms with Crippen LogP contribution in [0.2, 0.25) is 0 Å². The Morgan fingerprint density at radius 2 is 1.95 bits per heavy atom. The van der Waals surface area contributed by atoms with Crippen LogP contribution in [0.15, 0.2) is 18.2 Å². The van der Waals surface area contributed by atoms with E-state index in [9.17, 15) is 0 Å². The van der Waals surface area contributed by atoms with E-state index in [4.69, 9.17) is 14.2 Å². The number of benzene rings is 1. The molecule has 0 bridgehead atoms. The standard InChI is InChI=1S/C16H23NO3/c1-2-8-18-14(3-1)6-7-17-12-13-4-5-15-16(11-13)20-10-9-19-15/h4-5,11,14,17H,1-3,6-10,12H2. The average molecular weight is 277 g/mol. The van der Waals surface area contributed by atoms with Gasteiger partial charge in [-0.15, -0.1) is 0 Å². The van der Waals surface area contributed by atoms with E-state index >= 15 is 0 Å². The molecule has 2 heterocycles. The highest BCUT2D eigenvalue weighted by Crippen LogP contribution is 2.30. The number of hydrogen-bond donors (Lipinski definition) is 1. The molecule has 1 unspecified atom stereocenters. The van der Waals surface area contributed by atoms with Crippen molar-refractivity contribution in [2.45, 2.75) is 38.3 Å². The first-order chi connectivity index (χ1) is 9.92. The lowest BCUT2D eigenvalue weighted by molar-refractivity contribution is 0.0115. The van der Waals surface area contributed by atoms with Crippen LogP contribution in [0, 0.1) is 0 Å². The van der Waals surface area contributed by atoms with Gasteiger partial charge in [-0.1, -0.05) is 6.07 Å². The zero-order chi connectivity index (χ0) is 13.6. The Hall–Kier alpha value is -1.26. The van der Waals surface area contributed by atoms with Crippen LogP contribution in [0.1, 0.15) is 31.2 Å². The number of nitrogens with one attached hydrogen (secondary N) is 1. The zero-order valence-electron chi connectivity index (χ0n) is 11.9. The molecule has 1 saturated heterocycles. The van der Waals surface area contributed by atoms with E-state index < -0.39 is 0 Å². The Morgan fingerprint density at radius 3 is 2.80 bits per heavy atom. The molecule has 4 nitrogen and oxygen atoms in total. The summed E-state index contributed by atoms with van der Waals surface area (Å²) in [6.45, 7) is 4.09. The number of fused-ring (bicyclic) bond motifs is 1. The van der Waals surface area contributed by atoms with Gasteiger partial charge in [-0.05, 0) is 49.9 Å². The van der Waals surface area contributed by atoms with Crippen LogP contribution < -0.4 is 14.8 Å². The Bertz CT molecular complexity index is 430. The summed E-state index contributed by atoms with van der Waals surface area (Å²) in [5.74, 6) is 1.72. The van der Waals surface area contributed by atoms with Crippen molar-refractivity contribution < 1.29 is 14.2 Å². The molecule has 3 rings (SSSR count). The maximum Gasteiger partial charge on any atom is 0.161 e. The smallest absolute Gasteiger partial charge is 0.161 e. The van der Waals surface area contributed by atoms with Gasteiger partial charge in [0.2, 0.25) is 0 Å². The van der Waals surface area contributed by atoms with Gasteiger partial charge in [0.25, 0.3) is 0 Å². The summed E-state index contributed by atoms with van der Waals surface area (Å²) in [6, 6.07) is 6.16. The zero-order valence-corrected chi connectivity index (χ0v) is 11.9. The molecule has 0 radical (unpaired) electrons. The predicted octanol–water partition coefficient (Wildman–Crippen LogP) is 2.51. The van der Waals surface area contributed by atoms with E-state index in [1.165, 1.54) is 24.8 Å². The Morgan fingerprint density at radius 1 is 1.05 bits per heavy atom. The van der Waals surface area contributed by atoms with Crippen molar-refractivity contribution in [3.8, 4) is 11.5 Å². The molecule has 110 valence electrons. The SMILES string of the molecule is c1cc2c(cc1CNCCC1CCCCO1)OCCO2. The average Bonchev–Trinajstić information content (AvgIpc) is 2.52. The lowest BCUT2D eigenvalue weighted by atomic mass is 10.1. The fourth-order valence-corrected chi connectivity index (χ4v) is 2.73. The van der Waals surface area contributed by atoms with Crippen LogP contribution in [0.5, 0.6) is 11.5 Å². The lowest BCUT2D eigenvalue weighted by Crippen LogP contribution is -2.25. The van der Waals surface area contributed by atoms with E-state index in [1.54, 1.807) is 0 Å². The largest absolute Gasteiger partial charge is 0.486 e. The molecule has 1 aromatic carbocycles. The monoisotopic (exact) mass is 277 g/mol. The molecule has 1 atom stereocenters. The minimum absolute atomic E-state index is 0.455. The quantitative estimate of drug-likeness (QED) is 0.840. The van der Waals surface area contributed by atoms with Gasteiger partial charge in [0.05, 0.1) is 6.10 Å². The van der Waals surface area contributed by atoms with Crippen molar-refractivity contribution in [3.05, 3.63) is 23.8 Å². The third-order valence-electron chi connectivity index (χ3n) is 3.85. The van der Waals surface area contributed by atoms with Gasteiger partial charge >= 0.3 is 0 Å². The van der Waals surface area contributed by atoms with Gasteiger partial charge in [0.1, 0.15) is 13.2 Å². The maximum atomic E-state index is 5.73. The maximum absolute atomic E-state index is 5.73. The predicted molar refractivity (Wildman–Crippen MR) is 77.3 cm³/mol. The fraction of sp³-hybridized carbons (Fsp3) is 0.625. The van der Waals surface area contributed by atoms with Crippen molar-refractivity contribution >= 4 is 0 Å². The first-order valence-corrected chi connectivity index (χ1v) is 7.63. The topological polar surface area (TPSA) is 39.7 Å². The summed E-state index contributed by atoms with van der Waals surface area (Å²) < 4.78 is 16.8. The molecule has 4 heteroatoms. The molecular formula is C16H23NO3. The van der Waals surface area contributed by atoms with Crippen LogP contribution >= 0.6 is 0 Å². The van der Waals surface area contributed by atoms with Crippen molar-refractivity contribution in [3.63, 3.8) is 0 Å². The fourth-order valence-electron chi connectivity index (χ4n) is 2.73. The summed E-state index contributed by atoms with van der Waals surface area (Å²) in [6.07, 6.45) is 5.31. The molecule has 1 aromatic rings. The number of hydrogen-bond acceptors (Lipinski definition) is 4. The third kappa shape index (κ3) is 3.64. The number of ether oxygens (including phenoxy) is 3. The summed E-state index contributed by atoms with van der Waals surface area (Å²) in [5.41, 5.74) is 1.24. The Kier molecular flexibility index (Phi) is 4.77. The molecule has 1 fully saturated rings. The van der Waals surface area contributed by atoms with E-state index in [-0.39, 0.29) is 0 Å². The van der Waals surface area contributed by atoms with Crippen molar-refractivity contribution in [1.29, 1.82) is 0 Å². The van der Waals surface area contributed by atoms with Crippen molar-refractivity contribution in [2.24, 2.45) is 0 Å². The molecule has 0 saturated carbocycles. The second kappa shape index (κ2) is 6.95.